The van der Waals surface area contributed by atoms with Gasteiger partial charge in [-0.15, -0.1) is 0 Å². The number of fused-ring (bicyclic) bond motifs is 2. The van der Waals surface area contributed by atoms with E-state index >= 15 is 0 Å². The molecule has 1 aliphatic carbocycles. The first-order chi connectivity index (χ1) is 16.8. The van der Waals surface area contributed by atoms with Crippen molar-refractivity contribution in [2.75, 3.05) is 14.1 Å². The van der Waals surface area contributed by atoms with E-state index in [0.29, 0.717) is 12.2 Å². The van der Waals surface area contributed by atoms with Gasteiger partial charge in [0.05, 0.1) is 10.9 Å². The summed E-state index contributed by atoms with van der Waals surface area (Å²) < 4.78 is 28.6. The van der Waals surface area contributed by atoms with Gasteiger partial charge >= 0.3 is 0 Å². The van der Waals surface area contributed by atoms with Crippen LogP contribution < -0.4 is 5.32 Å². The Bertz CT molecular complexity index is 1490. The third kappa shape index (κ3) is 4.49. The van der Waals surface area contributed by atoms with Crippen molar-refractivity contribution in [3.8, 4) is 0 Å². The number of hydrogen-bond donors (Lipinski definition) is 1. The Morgan fingerprint density at radius 1 is 1.00 bits per heavy atom. The minimum atomic E-state index is -3.58. The first-order valence-corrected chi connectivity index (χ1v) is 13.3. The van der Waals surface area contributed by atoms with E-state index in [0.717, 1.165) is 35.7 Å². The van der Waals surface area contributed by atoms with E-state index in [1.54, 1.807) is 24.3 Å². The van der Waals surface area contributed by atoms with Crippen molar-refractivity contribution >= 4 is 26.8 Å². The van der Waals surface area contributed by atoms with Crippen LogP contribution in [0.4, 0.5) is 0 Å². The minimum absolute atomic E-state index is 0.0414. The maximum absolute atomic E-state index is 13.6. The zero-order valence-electron chi connectivity index (χ0n) is 19.9. The van der Waals surface area contributed by atoms with E-state index in [4.69, 9.17) is 0 Å². The minimum Gasteiger partial charge on any atom is -0.344 e. The highest BCUT2D eigenvalue weighted by Gasteiger charge is 2.25. The van der Waals surface area contributed by atoms with Gasteiger partial charge in [0.1, 0.15) is 5.69 Å². The molecule has 0 saturated heterocycles. The lowest BCUT2D eigenvalue weighted by molar-refractivity contribution is 0.0924. The summed E-state index contributed by atoms with van der Waals surface area (Å²) in [6, 6.07) is 25.1. The second kappa shape index (κ2) is 9.32. The standard InChI is InChI=1S/C28H29N3O3S/c1-30(2)35(33,34)23-15-16-26-22(17-23)18-27(31(26)19-20-9-4-3-5-10-20)28(32)29-25-14-8-12-21-11-6-7-13-24(21)25/h3-7,9-11,13,15-18,25H,8,12,14,19H2,1-2H3,(H,29,32)/t25-/m1/s1. The molecule has 0 radical (unpaired) electrons. The summed E-state index contributed by atoms with van der Waals surface area (Å²) in [5, 5.41) is 3.98. The largest absolute Gasteiger partial charge is 0.344 e. The first-order valence-electron chi connectivity index (χ1n) is 11.8. The molecule has 1 atom stereocenters. The number of carbonyl (C=O) groups excluding carboxylic acids is 1. The molecule has 35 heavy (non-hydrogen) atoms. The third-order valence-electron chi connectivity index (χ3n) is 6.74. The van der Waals surface area contributed by atoms with E-state index in [1.165, 1.54) is 29.5 Å². The second-order valence-corrected chi connectivity index (χ2v) is 11.4. The summed E-state index contributed by atoms with van der Waals surface area (Å²) in [6.07, 6.45) is 2.95. The lowest BCUT2D eigenvalue weighted by Gasteiger charge is -2.26. The van der Waals surface area contributed by atoms with Crippen molar-refractivity contribution in [2.45, 2.75) is 36.7 Å². The second-order valence-electron chi connectivity index (χ2n) is 9.23. The highest BCUT2D eigenvalue weighted by Crippen LogP contribution is 2.31. The Labute approximate surface area is 206 Å². The Kier molecular flexibility index (Phi) is 6.21. The smallest absolute Gasteiger partial charge is 0.268 e. The predicted octanol–water partition coefficient (Wildman–Crippen LogP) is 4.75. The van der Waals surface area contributed by atoms with Gasteiger partial charge in [0, 0.05) is 31.5 Å². The molecule has 1 N–H and O–H groups in total. The zero-order chi connectivity index (χ0) is 24.6. The van der Waals surface area contributed by atoms with Crippen LogP contribution in [0.15, 0.2) is 83.8 Å². The van der Waals surface area contributed by atoms with Gasteiger partial charge in [-0.05, 0) is 60.2 Å². The van der Waals surface area contributed by atoms with E-state index in [-0.39, 0.29) is 16.8 Å². The maximum Gasteiger partial charge on any atom is 0.268 e. The molecule has 0 saturated carbocycles. The SMILES string of the molecule is CN(C)S(=O)(=O)c1ccc2c(c1)cc(C(=O)N[C@@H]1CCCc3ccccc31)n2Cc1ccccc1. The molecule has 4 aromatic rings. The van der Waals surface area contributed by atoms with Crippen LogP contribution in [-0.4, -0.2) is 37.3 Å². The fourth-order valence-corrected chi connectivity index (χ4v) is 5.82. The van der Waals surface area contributed by atoms with Crippen LogP contribution in [-0.2, 0) is 23.0 Å². The van der Waals surface area contributed by atoms with Crippen molar-refractivity contribution in [3.63, 3.8) is 0 Å². The Hall–Kier alpha value is -3.42. The van der Waals surface area contributed by atoms with E-state index in [2.05, 4.69) is 17.4 Å². The number of aryl methyl sites for hydroxylation is 1. The molecule has 5 rings (SSSR count). The number of rotatable bonds is 6. The Morgan fingerprint density at radius 2 is 1.74 bits per heavy atom. The molecule has 0 bridgehead atoms. The molecule has 0 unspecified atom stereocenters. The lowest BCUT2D eigenvalue weighted by Crippen LogP contribution is -2.32. The molecular formula is C28H29N3O3S. The van der Waals surface area contributed by atoms with Crippen molar-refractivity contribution in [1.82, 2.24) is 14.2 Å². The summed E-state index contributed by atoms with van der Waals surface area (Å²) in [5.41, 5.74) is 4.86. The number of hydrogen-bond acceptors (Lipinski definition) is 3. The normalized spacial score (nSPS) is 15.8. The number of sulfonamides is 1. The fraction of sp³-hybridized carbons (Fsp3) is 0.250. The number of carbonyl (C=O) groups is 1. The summed E-state index contributed by atoms with van der Waals surface area (Å²) in [4.78, 5) is 13.8. The molecule has 7 heteroatoms. The van der Waals surface area contributed by atoms with Gasteiger partial charge in [0.2, 0.25) is 10.0 Å². The topological polar surface area (TPSA) is 71.4 Å². The van der Waals surface area contributed by atoms with E-state index < -0.39 is 10.0 Å². The molecule has 0 fully saturated rings. The van der Waals surface area contributed by atoms with Crippen molar-refractivity contribution in [1.29, 1.82) is 0 Å². The number of nitrogens with one attached hydrogen (secondary N) is 1. The Morgan fingerprint density at radius 3 is 2.51 bits per heavy atom. The monoisotopic (exact) mass is 487 g/mol. The van der Waals surface area contributed by atoms with Gasteiger partial charge in [0.25, 0.3) is 5.91 Å². The van der Waals surface area contributed by atoms with Gasteiger partial charge < -0.3 is 9.88 Å². The molecule has 1 amide bonds. The Balaban J connectivity index is 1.56. The molecule has 3 aromatic carbocycles. The fourth-order valence-electron chi connectivity index (χ4n) is 4.88. The molecule has 1 heterocycles. The van der Waals surface area contributed by atoms with Gasteiger partial charge in [0.15, 0.2) is 0 Å². The molecule has 1 aromatic heterocycles. The van der Waals surface area contributed by atoms with Crippen LogP contribution in [0.1, 0.15) is 46.1 Å². The molecule has 0 spiro atoms. The summed E-state index contributed by atoms with van der Waals surface area (Å²) in [7, 11) is -0.554. The molecule has 180 valence electrons. The number of benzene rings is 3. The number of nitrogens with zero attached hydrogens (tertiary/aromatic N) is 2. The molecule has 6 nitrogen and oxygen atoms in total. The molecular weight excluding hydrogens is 458 g/mol. The summed E-state index contributed by atoms with van der Waals surface area (Å²) >= 11 is 0. The number of aromatic nitrogens is 1. The quantitative estimate of drug-likeness (QED) is 0.427. The van der Waals surface area contributed by atoms with Gasteiger partial charge in [-0.25, -0.2) is 12.7 Å². The maximum atomic E-state index is 13.6. The average Bonchev–Trinajstić information content (AvgIpc) is 3.22. The zero-order valence-corrected chi connectivity index (χ0v) is 20.8. The first kappa shape index (κ1) is 23.3. The van der Waals surface area contributed by atoms with Crippen molar-refractivity contribution < 1.29 is 13.2 Å². The molecule has 1 aliphatic rings. The highest BCUT2D eigenvalue weighted by atomic mass is 32.2. The van der Waals surface area contributed by atoms with Gasteiger partial charge in [-0.3, -0.25) is 4.79 Å². The van der Waals surface area contributed by atoms with E-state index in [1.807, 2.05) is 47.0 Å². The third-order valence-corrected chi connectivity index (χ3v) is 8.55. The molecule has 0 aliphatic heterocycles. The van der Waals surface area contributed by atoms with Crippen LogP contribution in [0.5, 0.6) is 0 Å². The predicted molar refractivity (Wildman–Crippen MR) is 138 cm³/mol. The van der Waals surface area contributed by atoms with Crippen LogP contribution in [0, 0.1) is 0 Å². The lowest BCUT2D eigenvalue weighted by atomic mass is 9.87. The van der Waals surface area contributed by atoms with E-state index in [9.17, 15) is 13.2 Å². The van der Waals surface area contributed by atoms with Crippen LogP contribution in [0.2, 0.25) is 0 Å². The van der Waals surface area contributed by atoms with Crippen LogP contribution >= 0.6 is 0 Å². The van der Waals surface area contributed by atoms with Gasteiger partial charge in [-0.1, -0.05) is 54.6 Å². The summed E-state index contributed by atoms with van der Waals surface area (Å²) in [5.74, 6) is -0.157. The van der Waals surface area contributed by atoms with Crippen LogP contribution in [0.3, 0.4) is 0 Å². The average molecular weight is 488 g/mol. The van der Waals surface area contributed by atoms with Crippen LogP contribution in [0.25, 0.3) is 10.9 Å². The van der Waals surface area contributed by atoms with Gasteiger partial charge in [-0.2, -0.15) is 0 Å². The summed E-state index contributed by atoms with van der Waals surface area (Å²) in [6.45, 7) is 0.508. The highest BCUT2D eigenvalue weighted by molar-refractivity contribution is 7.89. The van der Waals surface area contributed by atoms with Crippen molar-refractivity contribution in [3.05, 3.63) is 101 Å². The van der Waals surface area contributed by atoms with Crippen molar-refractivity contribution in [2.24, 2.45) is 0 Å². The number of amides is 1.